The van der Waals surface area contributed by atoms with E-state index in [1.165, 1.54) is 10.9 Å². The van der Waals surface area contributed by atoms with Crippen LogP contribution in [-0.4, -0.2) is 27.7 Å². The average Bonchev–Trinajstić information content (AvgIpc) is 3.33. The Kier molecular flexibility index (Phi) is 5.05. The van der Waals surface area contributed by atoms with Crippen LogP contribution in [-0.2, 0) is 17.8 Å². The third kappa shape index (κ3) is 3.32. The molecule has 160 valence electrons. The number of aryl methyl sites for hydroxylation is 1. The van der Waals surface area contributed by atoms with Crippen molar-refractivity contribution in [2.75, 3.05) is 0 Å². The zero-order chi connectivity index (χ0) is 21.5. The Labute approximate surface area is 182 Å². The minimum absolute atomic E-state index is 0.0361. The van der Waals surface area contributed by atoms with Crippen molar-refractivity contribution in [2.45, 2.75) is 58.2 Å². The SMILES string of the molecule is CC[C@H](C)[C@H](C(=O)NC1CCCc2c1[nH]c1ccccc21)N1Cc2ccccc2C1=O. The number of carbonyl (C=O) groups excluding carboxylic acids is 2. The Morgan fingerprint density at radius 3 is 2.77 bits per heavy atom. The minimum atomic E-state index is -0.473. The molecule has 1 unspecified atom stereocenters. The maximum Gasteiger partial charge on any atom is 0.255 e. The Morgan fingerprint density at radius 2 is 1.97 bits per heavy atom. The number of para-hydroxylation sites is 1. The molecule has 31 heavy (non-hydrogen) atoms. The van der Waals surface area contributed by atoms with Gasteiger partial charge in [-0.2, -0.15) is 0 Å². The van der Waals surface area contributed by atoms with Crippen LogP contribution < -0.4 is 5.32 Å². The Balaban J connectivity index is 1.43. The molecule has 0 radical (unpaired) electrons. The zero-order valence-electron chi connectivity index (χ0n) is 18.2. The maximum absolute atomic E-state index is 13.6. The van der Waals surface area contributed by atoms with Gasteiger partial charge in [0.05, 0.1) is 6.04 Å². The van der Waals surface area contributed by atoms with Crippen molar-refractivity contribution >= 4 is 22.7 Å². The van der Waals surface area contributed by atoms with E-state index in [0.717, 1.165) is 48.0 Å². The highest BCUT2D eigenvalue weighted by Crippen LogP contribution is 2.35. The van der Waals surface area contributed by atoms with Crippen molar-refractivity contribution < 1.29 is 9.59 Å². The standard InChI is InChI=1S/C26H29N3O2/c1-3-16(2)24(29-15-17-9-4-5-10-18(17)26(29)31)25(30)28-22-14-8-12-20-19-11-6-7-13-21(19)27-23(20)22/h4-7,9-11,13,16,22,24,27H,3,8,12,14-15H2,1-2H3,(H,28,30)/t16-,22?,24+/m0/s1. The smallest absolute Gasteiger partial charge is 0.255 e. The molecule has 1 aromatic heterocycles. The second-order valence-electron chi connectivity index (χ2n) is 8.94. The van der Waals surface area contributed by atoms with Crippen LogP contribution in [0.15, 0.2) is 48.5 Å². The van der Waals surface area contributed by atoms with Gasteiger partial charge in [0.15, 0.2) is 0 Å². The lowest BCUT2D eigenvalue weighted by molar-refractivity contribution is -0.128. The molecule has 2 N–H and O–H groups in total. The number of nitrogens with zero attached hydrogens (tertiary/aromatic N) is 1. The molecule has 5 rings (SSSR count). The molecular formula is C26H29N3O2. The second-order valence-corrected chi connectivity index (χ2v) is 8.94. The molecule has 5 nitrogen and oxygen atoms in total. The normalized spacial score (nSPS) is 19.7. The van der Waals surface area contributed by atoms with E-state index in [4.69, 9.17) is 0 Å². The molecule has 3 aromatic rings. The van der Waals surface area contributed by atoms with Crippen LogP contribution in [0.1, 0.15) is 66.3 Å². The predicted octanol–water partition coefficient (Wildman–Crippen LogP) is 4.73. The molecule has 0 saturated heterocycles. The Morgan fingerprint density at radius 1 is 1.19 bits per heavy atom. The van der Waals surface area contributed by atoms with E-state index in [9.17, 15) is 9.59 Å². The molecule has 2 aliphatic rings. The molecule has 0 bridgehead atoms. The highest BCUT2D eigenvalue weighted by atomic mass is 16.2. The summed E-state index contributed by atoms with van der Waals surface area (Å²) in [4.78, 5) is 32.0. The van der Waals surface area contributed by atoms with Crippen molar-refractivity contribution in [1.82, 2.24) is 15.2 Å². The Bertz CT molecular complexity index is 1150. The number of H-pyrrole nitrogens is 1. The fourth-order valence-corrected chi connectivity index (χ4v) is 5.25. The first-order valence-corrected chi connectivity index (χ1v) is 11.4. The lowest BCUT2D eigenvalue weighted by atomic mass is 9.90. The van der Waals surface area contributed by atoms with Crippen molar-refractivity contribution in [3.63, 3.8) is 0 Å². The number of amides is 2. The van der Waals surface area contributed by atoms with E-state index in [2.05, 4.69) is 42.3 Å². The number of aromatic nitrogens is 1. The largest absolute Gasteiger partial charge is 0.356 e. The van der Waals surface area contributed by atoms with Crippen LogP contribution in [0.2, 0.25) is 0 Å². The van der Waals surface area contributed by atoms with Gasteiger partial charge in [0, 0.05) is 28.7 Å². The van der Waals surface area contributed by atoms with Crippen molar-refractivity contribution in [1.29, 1.82) is 0 Å². The summed E-state index contributed by atoms with van der Waals surface area (Å²) in [6, 6.07) is 15.5. The van der Waals surface area contributed by atoms with Crippen LogP contribution >= 0.6 is 0 Å². The zero-order valence-corrected chi connectivity index (χ0v) is 18.2. The van der Waals surface area contributed by atoms with Gasteiger partial charge in [-0.25, -0.2) is 0 Å². The number of rotatable bonds is 5. The van der Waals surface area contributed by atoms with Crippen LogP contribution in [0.25, 0.3) is 10.9 Å². The van der Waals surface area contributed by atoms with Gasteiger partial charge < -0.3 is 15.2 Å². The van der Waals surface area contributed by atoms with Crippen LogP contribution in [0.5, 0.6) is 0 Å². The van der Waals surface area contributed by atoms with Gasteiger partial charge in [0.2, 0.25) is 5.91 Å². The maximum atomic E-state index is 13.6. The summed E-state index contributed by atoms with van der Waals surface area (Å²) in [5, 5.41) is 4.56. The summed E-state index contributed by atoms with van der Waals surface area (Å²) >= 11 is 0. The number of carbonyl (C=O) groups is 2. The van der Waals surface area contributed by atoms with E-state index in [1.807, 2.05) is 30.3 Å². The third-order valence-corrected chi connectivity index (χ3v) is 7.07. The summed E-state index contributed by atoms with van der Waals surface area (Å²) in [7, 11) is 0. The van der Waals surface area contributed by atoms with Gasteiger partial charge in [-0.3, -0.25) is 9.59 Å². The first kappa shape index (κ1) is 19.9. The average molecular weight is 416 g/mol. The fourth-order valence-electron chi connectivity index (χ4n) is 5.25. The monoisotopic (exact) mass is 415 g/mol. The van der Waals surface area contributed by atoms with E-state index >= 15 is 0 Å². The molecule has 2 aromatic carbocycles. The van der Waals surface area contributed by atoms with Crippen molar-refractivity contribution in [3.8, 4) is 0 Å². The molecule has 2 heterocycles. The highest BCUT2D eigenvalue weighted by Gasteiger charge is 2.39. The van der Waals surface area contributed by atoms with E-state index in [1.54, 1.807) is 4.90 Å². The summed E-state index contributed by atoms with van der Waals surface area (Å²) in [5.41, 5.74) is 5.29. The number of hydrogen-bond donors (Lipinski definition) is 2. The lowest BCUT2D eigenvalue weighted by Crippen LogP contribution is -2.51. The van der Waals surface area contributed by atoms with Crippen LogP contribution in [0.4, 0.5) is 0 Å². The van der Waals surface area contributed by atoms with E-state index in [-0.39, 0.29) is 23.8 Å². The number of aromatic amines is 1. The highest BCUT2D eigenvalue weighted by molar-refractivity contribution is 6.01. The topological polar surface area (TPSA) is 65.2 Å². The number of benzene rings is 2. The summed E-state index contributed by atoms with van der Waals surface area (Å²) < 4.78 is 0. The van der Waals surface area contributed by atoms with E-state index in [0.29, 0.717) is 6.54 Å². The molecule has 0 spiro atoms. The number of hydrogen-bond acceptors (Lipinski definition) is 2. The molecule has 5 heteroatoms. The first-order chi connectivity index (χ1) is 15.1. The molecule has 0 saturated carbocycles. The van der Waals surface area contributed by atoms with E-state index < -0.39 is 6.04 Å². The van der Waals surface area contributed by atoms with Crippen LogP contribution in [0.3, 0.4) is 0 Å². The van der Waals surface area contributed by atoms with Crippen molar-refractivity contribution in [2.24, 2.45) is 5.92 Å². The Hall–Kier alpha value is -3.08. The molecule has 1 aliphatic carbocycles. The third-order valence-electron chi connectivity index (χ3n) is 7.07. The molecule has 1 aliphatic heterocycles. The summed E-state index contributed by atoms with van der Waals surface area (Å²) in [5.74, 6) is -0.0120. The van der Waals surface area contributed by atoms with Gasteiger partial charge in [-0.15, -0.1) is 0 Å². The summed E-state index contributed by atoms with van der Waals surface area (Å²) in [6.45, 7) is 4.64. The van der Waals surface area contributed by atoms with Gasteiger partial charge in [0.25, 0.3) is 5.91 Å². The summed E-state index contributed by atoms with van der Waals surface area (Å²) in [6.07, 6.45) is 3.82. The first-order valence-electron chi connectivity index (χ1n) is 11.4. The predicted molar refractivity (Wildman–Crippen MR) is 122 cm³/mol. The second kappa shape index (κ2) is 7.88. The minimum Gasteiger partial charge on any atom is -0.356 e. The van der Waals surface area contributed by atoms with Gasteiger partial charge in [-0.1, -0.05) is 56.7 Å². The number of fused-ring (bicyclic) bond motifs is 4. The molecule has 2 amide bonds. The molecular weight excluding hydrogens is 386 g/mol. The quantitative estimate of drug-likeness (QED) is 0.633. The van der Waals surface area contributed by atoms with Gasteiger partial charge in [-0.05, 0) is 48.4 Å². The van der Waals surface area contributed by atoms with Crippen LogP contribution in [0, 0.1) is 5.92 Å². The van der Waals surface area contributed by atoms with Gasteiger partial charge in [0.1, 0.15) is 6.04 Å². The number of nitrogens with one attached hydrogen (secondary N) is 2. The fraction of sp³-hybridized carbons (Fsp3) is 0.385. The van der Waals surface area contributed by atoms with Gasteiger partial charge >= 0.3 is 0 Å². The molecule has 3 atom stereocenters. The lowest BCUT2D eigenvalue weighted by Gasteiger charge is -2.33. The molecule has 0 fully saturated rings. The van der Waals surface area contributed by atoms with Crippen molar-refractivity contribution in [3.05, 3.63) is 70.9 Å².